The van der Waals surface area contributed by atoms with Crippen molar-refractivity contribution in [3.63, 3.8) is 0 Å². The van der Waals surface area contributed by atoms with E-state index in [9.17, 15) is 9.59 Å². The van der Waals surface area contributed by atoms with Gasteiger partial charge in [0.2, 0.25) is 0 Å². The average Bonchev–Trinajstić information content (AvgIpc) is 2.83. The highest BCUT2D eigenvalue weighted by molar-refractivity contribution is 5.70. The summed E-state index contributed by atoms with van der Waals surface area (Å²) < 4.78 is 7.65. The molecule has 0 aliphatic carbocycles. The second-order valence-electron chi connectivity index (χ2n) is 8.44. The minimum Gasteiger partial charge on any atom is -0.438 e. The molecule has 0 radical (unpaired) electrons. The van der Waals surface area contributed by atoms with Crippen LogP contribution in [0.5, 0.6) is 0 Å². The van der Waals surface area contributed by atoms with Crippen molar-refractivity contribution in [3.8, 4) is 11.1 Å². The van der Waals surface area contributed by atoms with Crippen molar-refractivity contribution in [2.24, 2.45) is 7.05 Å². The Balaban J connectivity index is 1.55. The summed E-state index contributed by atoms with van der Waals surface area (Å²) in [5, 5.41) is 0. The maximum atomic E-state index is 13.1. The molecular weight excluding hydrogens is 400 g/mol. The molecule has 0 bridgehead atoms. The van der Waals surface area contributed by atoms with Gasteiger partial charge in [-0.1, -0.05) is 68.4 Å². The predicted molar refractivity (Wildman–Crippen MR) is 126 cm³/mol. The lowest BCUT2D eigenvalue weighted by Crippen LogP contribution is -2.48. The quantitative estimate of drug-likeness (QED) is 0.508. The molecule has 5 nitrogen and oxygen atoms in total. The van der Waals surface area contributed by atoms with E-state index in [1.54, 1.807) is 23.9 Å². The molecule has 1 amide bonds. The van der Waals surface area contributed by atoms with Gasteiger partial charge in [-0.15, -0.1) is 0 Å². The fraction of sp³-hybridized carbons (Fsp3) is 0.333. The van der Waals surface area contributed by atoms with E-state index in [0.29, 0.717) is 6.54 Å². The van der Waals surface area contributed by atoms with Gasteiger partial charge in [0.05, 0.1) is 6.04 Å². The van der Waals surface area contributed by atoms with Crippen molar-refractivity contribution in [2.75, 3.05) is 6.54 Å². The monoisotopic (exact) mass is 430 g/mol. The fourth-order valence-electron chi connectivity index (χ4n) is 4.61. The van der Waals surface area contributed by atoms with Crippen LogP contribution in [0.2, 0.25) is 0 Å². The van der Waals surface area contributed by atoms with Crippen LogP contribution in [0, 0.1) is 0 Å². The summed E-state index contributed by atoms with van der Waals surface area (Å²) in [6, 6.07) is 21.7. The van der Waals surface area contributed by atoms with E-state index >= 15 is 0 Å². The van der Waals surface area contributed by atoms with Gasteiger partial charge >= 0.3 is 6.09 Å². The van der Waals surface area contributed by atoms with Crippen molar-refractivity contribution < 1.29 is 9.53 Å². The first-order chi connectivity index (χ1) is 15.5. The zero-order chi connectivity index (χ0) is 22.7. The number of cyclic esters (lactones) is 1. The summed E-state index contributed by atoms with van der Waals surface area (Å²) >= 11 is 0. The lowest BCUT2D eigenvalue weighted by molar-refractivity contribution is -0.0646. The topological polar surface area (TPSA) is 51.5 Å². The molecule has 0 saturated carbocycles. The Morgan fingerprint density at radius 1 is 0.969 bits per heavy atom. The highest BCUT2D eigenvalue weighted by atomic mass is 16.6. The second-order valence-corrected chi connectivity index (χ2v) is 8.44. The lowest BCUT2D eigenvalue weighted by atomic mass is 9.86. The highest BCUT2D eigenvalue weighted by Gasteiger charge is 2.42. The van der Waals surface area contributed by atoms with Crippen LogP contribution < -0.4 is 5.56 Å². The summed E-state index contributed by atoms with van der Waals surface area (Å²) in [5.41, 5.74) is 3.41. The minimum absolute atomic E-state index is 0.0353. The van der Waals surface area contributed by atoms with Crippen molar-refractivity contribution >= 4 is 6.09 Å². The minimum atomic E-state index is -0.559. The van der Waals surface area contributed by atoms with Crippen molar-refractivity contribution in [1.29, 1.82) is 0 Å². The summed E-state index contributed by atoms with van der Waals surface area (Å²) in [6.45, 7) is 4.81. The van der Waals surface area contributed by atoms with E-state index in [1.807, 2.05) is 65.6 Å². The van der Waals surface area contributed by atoms with Crippen LogP contribution in [0.15, 0.2) is 77.7 Å². The van der Waals surface area contributed by atoms with Crippen molar-refractivity contribution in [2.45, 2.75) is 44.8 Å². The Hall–Kier alpha value is -3.34. The van der Waals surface area contributed by atoms with Gasteiger partial charge < -0.3 is 14.2 Å². The molecule has 2 atom stereocenters. The number of aromatic nitrogens is 1. The van der Waals surface area contributed by atoms with Crippen LogP contribution in [0.3, 0.4) is 0 Å². The number of hydrogen-bond donors (Lipinski definition) is 0. The third kappa shape index (κ3) is 4.07. The number of ether oxygens (including phenoxy) is 1. The third-order valence-corrected chi connectivity index (χ3v) is 6.64. The second kappa shape index (κ2) is 9.03. The highest BCUT2D eigenvalue weighted by Crippen LogP contribution is 2.40. The van der Waals surface area contributed by atoms with Gasteiger partial charge in [-0.3, -0.25) is 4.79 Å². The van der Waals surface area contributed by atoms with Crippen LogP contribution in [0.25, 0.3) is 11.1 Å². The van der Waals surface area contributed by atoms with Crippen LogP contribution in [0.4, 0.5) is 4.79 Å². The average molecular weight is 431 g/mol. The number of rotatable bonds is 6. The van der Waals surface area contributed by atoms with Crippen LogP contribution in [0.1, 0.15) is 50.3 Å². The first kappa shape index (κ1) is 21.9. The summed E-state index contributed by atoms with van der Waals surface area (Å²) in [4.78, 5) is 27.0. The maximum Gasteiger partial charge on any atom is 0.411 e. The lowest BCUT2D eigenvalue weighted by Gasteiger charge is -2.43. The van der Waals surface area contributed by atoms with E-state index < -0.39 is 5.60 Å². The molecule has 0 N–H and O–H groups in total. The van der Waals surface area contributed by atoms with E-state index in [2.05, 4.69) is 13.8 Å². The molecule has 1 aliphatic heterocycles. The Morgan fingerprint density at radius 2 is 1.69 bits per heavy atom. The smallest absolute Gasteiger partial charge is 0.411 e. The molecule has 0 spiro atoms. The normalized spacial score (nSPS) is 19.5. The Morgan fingerprint density at radius 3 is 2.28 bits per heavy atom. The fourth-order valence-corrected chi connectivity index (χ4v) is 4.61. The number of benzene rings is 2. The molecule has 2 unspecified atom stereocenters. The Kier molecular flexibility index (Phi) is 6.17. The van der Waals surface area contributed by atoms with Crippen LogP contribution >= 0.6 is 0 Å². The van der Waals surface area contributed by atoms with Gasteiger partial charge in [0.25, 0.3) is 5.56 Å². The van der Waals surface area contributed by atoms with Gasteiger partial charge in [0.15, 0.2) is 0 Å². The Bertz CT molecular complexity index is 1140. The molecule has 1 saturated heterocycles. The summed E-state index contributed by atoms with van der Waals surface area (Å²) in [5.74, 6) is 0. The molecule has 4 rings (SSSR count). The molecule has 2 heterocycles. The first-order valence-electron chi connectivity index (χ1n) is 11.3. The summed E-state index contributed by atoms with van der Waals surface area (Å²) in [7, 11) is 1.74. The van der Waals surface area contributed by atoms with Gasteiger partial charge in [-0.25, -0.2) is 4.79 Å². The Labute approximate surface area is 189 Å². The van der Waals surface area contributed by atoms with Gasteiger partial charge in [0, 0.05) is 32.3 Å². The van der Waals surface area contributed by atoms with Crippen molar-refractivity contribution in [1.82, 2.24) is 9.47 Å². The molecule has 5 heteroatoms. The standard InChI is InChI=1S/C27H30N2O3/c1-4-24(21-13-11-20(12-14-21)22-15-17-28(3)25(30)19-22)29-18-16-27(5-2,32-26(29)31)23-9-7-6-8-10-23/h6-15,17,19,24H,4-5,16,18H2,1-3H3. The number of nitrogens with zero attached hydrogens (tertiary/aromatic N) is 2. The van der Waals surface area contributed by atoms with E-state index in [1.165, 1.54) is 0 Å². The molecule has 1 fully saturated rings. The van der Waals surface area contributed by atoms with E-state index in [-0.39, 0.29) is 17.7 Å². The number of hydrogen-bond acceptors (Lipinski definition) is 3. The van der Waals surface area contributed by atoms with Gasteiger partial charge in [0.1, 0.15) is 5.60 Å². The molecule has 3 aromatic rings. The molecule has 2 aromatic carbocycles. The van der Waals surface area contributed by atoms with Crippen molar-refractivity contribution in [3.05, 3.63) is 94.4 Å². The number of carbonyl (C=O) groups is 1. The zero-order valence-electron chi connectivity index (χ0n) is 19.0. The van der Waals surface area contributed by atoms with Gasteiger partial charge in [-0.05, 0) is 41.2 Å². The number of amides is 1. The maximum absolute atomic E-state index is 13.1. The number of aryl methyl sites for hydroxylation is 1. The molecule has 1 aromatic heterocycles. The number of carbonyl (C=O) groups excluding carboxylic acids is 1. The molecule has 32 heavy (non-hydrogen) atoms. The molecule has 166 valence electrons. The first-order valence-corrected chi connectivity index (χ1v) is 11.3. The predicted octanol–water partition coefficient (Wildman–Crippen LogP) is 5.65. The van der Waals surface area contributed by atoms with Gasteiger partial charge in [-0.2, -0.15) is 0 Å². The van der Waals surface area contributed by atoms with Crippen LogP contribution in [-0.4, -0.2) is 22.1 Å². The SMILES string of the molecule is CCC(c1ccc(-c2ccn(C)c(=O)c2)cc1)N1CCC(CC)(c2ccccc2)OC1=O. The molecule has 1 aliphatic rings. The largest absolute Gasteiger partial charge is 0.438 e. The zero-order valence-corrected chi connectivity index (χ0v) is 19.0. The third-order valence-electron chi connectivity index (χ3n) is 6.64. The van der Waals surface area contributed by atoms with Crippen LogP contribution in [-0.2, 0) is 17.4 Å². The van der Waals surface area contributed by atoms with E-state index in [0.717, 1.165) is 41.5 Å². The molecular formula is C27H30N2O3. The summed E-state index contributed by atoms with van der Waals surface area (Å²) in [6.07, 6.45) is 3.82. The number of pyridine rings is 1. The van der Waals surface area contributed by atoms with E-state index in [4.69, 9.17) is 4.74 Å².